The molecule has 3 rings (SSSR count). The zero-order valence-electron chi connectivity index (χ0n) is 10.6. The van der Waals surface area contributed by atoms with E-state index in [1.807, 2.05) is 6.07 Å². The van der Waals surface area contributed by atoms with Gasteiger partial charge in [-0.3, -0.25) is 4.98 Å². The number of aromatic nitrogens is 1. The SMILES string of the molecule is OC(c1ccc(F)cc1)C1CCCc2cccnc21. The molecule has 1 aliphatic rings. The van der Waals surface area contributed by atoms with Gasteiger partial charge in [0.1, 0.15) is 5.82 Å². The van der Waals surface area contributed by atoms with E-state index < -0.39 is 6.10 Å². The van der Waals surface area contributed by atoms with Gasteiger partial charge in [0.15, 0.2) is 0 Å². The molecule has 0 saturated heterocycles. The van der Waals surface area contributed by atoms with E-state index in [-0.39, 0.29) is 11.7 Å². The Labute approximate surface area is 111 Å². The number of aliphatic hydroxyl groups excluding tert-OH is 1. The number of rotatable bonds is 2. The Balaban J connectivity index is 1.92. The van der Waals surface area contributed by atoms with Crippen LogP contribution in [0.3, 0.4) is 0 Å². The highest BCUT2D eigenvalue weighted by Crippen LogP contribution is 2.38. The molecule has 2 aromatic rings. The maximum atomic E-state index is 12.9. The van der Waals surface area contributed by atoms with Gasteiger partial charge in [-0.1, -0.05) is 18.2 Å². The van der Waals surface area contributed by atoms with E-state index >= 15 is 0 Å². The molecule has 0 bridgehead atoms. The predicted octanol–water partition coefficient (Wildman–Crippen LogP) is 3.37. The molecule has 0 aliphatic heterocycles. The molecule has 2 nitrogen and oxygen atoms in total. The van der Waals surface area contributed by atoms with Crippen LogP contribution in [0.5, 0.6) is 0 Å². The molecule has 1 aromatic carbocycles. The first-order valence-corrected chi connectivity index (χ1v) is 6.63. The lowest BCUT2D eigenvalue weighted by molar-refractivity contribution is 0.134. The lowest BCUT2D eigenvalue weighted by Crippen LogP contribution is -2.18. The van der Waals surface area contributed by atoms with E-state index in [1.165, 1.54) is 17.7 Å². The van der Waals surface area contributed by atoms with Gasteiger partial charge in [-0.2, -0.15) is 0 Å². The lowest BCUT2D eigenvalue weighted by Gasteiger charge is -2.28. The average Bonchev–Trinajstić information content (AvgIpc) is 2.47. The van der Waals surface area contributed by atoms with E-state index in [2.05, 4.69) is 11.1 Å². The quantitative estimate of drug-likeness (QED) is 0.894. The standard InChI is InChI=1S/C16H16FNO/c17-13-8-6-12(7-9-13)16(19)14-5-1-3-11-4-2-10-18-15(11)14/h2,4,6-10,14,16,19H,1,3,5H2. The molecule has 1 aliphatic carbocycles. The Kier molecular flexibility index (Phi) is 3.30. The second-order valence-corrected chi connectivity index (χ2v) is 5.04. The molecule has 0 spiro atoms. The number of nitrogens with zero attached hydrogens (tertiary/aromatic N) is 1. The fourth-order valence-electron chi connectivity index (χ4n) is 2.84. The van der Waals surface area contributed by atoms with Gasteiger partial charge in [-0.15, -0.1) is 0 Å². The number of hydrogen-bond acceptors (Lipinski definition) is 2. The number of hydrogen-bond donors (Lipinski definition) is 1. The van der Waals surface area contributed by atoms with Crippen LogP contribution in [-0.2, 0) is 6.42 Å². The first-order chi connectivity index (χ1) is 9.25. The largest absolute Gasteiger partial charge is 0.388 e. The third kappa shape index (κ3) is 2.38. The molecule has 0 amide bonds. The zero-order chi connectivity index (χ0) is 13.2. The van der Waals surface area contributed by atoms with Crippen LogP contribution in [-0.4, -0.2) is 10.1 Å². The fourth-order valence-corrected chi connectivity index (χ4v) is 2.84. The second kappa shape index (κ2) is 5.10. The number of aliphatic hydroxyl groups is 1. The van der Waals surface area contributed by atoms with Crippen molar-refractivity contribution in [2.45, 2.75) is 31.3 Å². The molecule has 1 N–H and O–H groups in total. The van der Waals surface area contributed by atoms with Gasteiger partial charge in [0.25, 0.3) is 0 Å². The highest BCUT2D eigenvalue weighted by molar-refractivity contribution is 5.30. The Hall–Kier alpha value is -1.74. The molecule has 2 unspecified atom stereocenters. The van der Waals surface area contributed by atoms with Crippen LogP contribution in [0.15, 0.2) is 42.6 Å². The molecular weight excluding hydrogens is 241 g/mol. The molecule has 3 heteroatoms. The van der Waals surface area contributed by atoms with Gasteiger partial charge in [-0.05, 0) is 48.6 Å². The first kappa shape index (κ1) is 12.3. The molecule has 0 saturated carbocycles. The van der Waals surface area contributed by atoms with Gasteiger partial charge >= 0.3 is 0 Å². The molecular formula is C16H16FNO. The Morgan fingerprint density at radius 2 is 2.00 bits per heavy atom. The van der Waals surface area contributed by atoms with Crippen molar-refractivity contribution >= 4 is 0 Å². The molecule has 0 radical (unpaired) electrons. The van der Waals surface area contributed by atoms with Gasteiger partial charge < -0.3 is 5.11 Å². The van der Waals surface area contributed by atoms with Crippen molar-refractivity contribution in [3.63, 3.8) is 0 Å². The summed E-state index contributed by atoms with van der Waals surface area (Å²) >= 11 is 0. The van der Waals surface area contributed by atoms with E-state index in [0.717, 1.165) is 30.5 Å². The maximum absolute atomic E-state index is 12.9. The average molecular weight is 257 g/mol. The normalized spacial score (nSPS) is 19.8. The van der Waals surface area contributed by atoms with E-state index in [9.17, 15) is 9.50 Å². The summed E-state index contributed by atoms with van der Waals surface area (Å²) in [6.07, 6.45) is 4.16. The number of aryl methyl sites for hydroxylation is 1. The summed E-state index contributed by atoms with van der Waals surface area (Å²) in [6.45, 7) is 0. The Morgan fingerprint density at radius 3 is 2.79 bits per heavy atom. The third-order valence-corrected chi connectivity index (χ3v) is 3.83. The summed E-state index contributed by atoms with van der Waals surface area (Å²) in [7, 11) is 0. The van der Waals surface area contributed by atoms with E-state index in [4.69, 9.17) is 0 Å². The lowest BCUT2D eigenvalue weighted by atomic mass is 9.81. The van der Waals surface area contributed by atoms with Gasteiger partial charge in [0.2, 0.25) is 0 Å². The molecule has 2 atom stereocenters. The van der Waals surface area contributed by atoms with Crippen LogP contribution in [0.4, 0.5) is 4.39 Å². The summed E-state index contributed by atoms with van der Waals surface area (Å²) in [5, 5.41) is 10.5. The summed E-state index contributed by atoms with van der Waals surface area (Å²) in [5.74, 6) is -0.270. The van der Waals surface area contributed by atoms with Crippen molar-refractivity contribution in [2.75, 3.05) is 0 Å². The summed E-state index contributed by atoms with van der Waals surface area (Å²) < 4.78 is 12.9. The minimum absolute atomic E-state index is 0.00964. The maximum Gasteiger partial charge on any atom is 0.123 e. The third-order valence-electron chi connectivity index (χ3n) is 3.83. The minimum Gasteiger partial charge on any atom is -0.388 e. The Bertz CT molecular complexity index is 567. The monoisotopic (exact) mass is 257 g/mol. The van der Waals surface area contributed by atoms with Crippen molar-refractivity contribution in [1.82, 2.24) is 4.98 Å². The van der Waals surface area contributed by atoms with Crippen LogP contribution < -0.4 is 0 Å². The van der Waals surface area contributed by atoms with Crippen molar-refractivity contribution in [3.8, 4) is 0 Å². The summed E-state index contributed by atoms with van der Waals surface area (Å²) in [6, 6.07) is 10.1. The van der Waals surface area contributed by atoms with Crippen LogP contribution >= 0.6 is 0 Å². The number of benzene rings is 1. The van der Waals surface area contributed by atoms with Crippen molar-refractivity contribution in [3.05, 3.63) is 65.2 Å². The number of fused-ring (bicyclic) bond motifs is 1. The highest BCUT2D eigenvalue weighted by atomic mass is 19.1. The van der Waals surface area contributed by atoms with Crippen LogP contribution in [0.2, 0.25) is 0 Å². The topological polar surface area (TPSA) is 33.1 Å². The Morgan fingerprint density at radius 1 is 1.21 bits per heavy atom. The molecule has 98 valence electrons. The zero-order valence-corrected chi connectivity index (χ0v) is 10.6. The molecule has 19 heavy (non-hydrogen) atoms. The smallest absolute Gasteiger partial charge is 0.123 e. The number of halogens is 1. The van der Waals surface area contributed by atoms with Crippen LogP contribution in [0.25, 0.3) is 0 Å². The van der Waals surface area contributed by atoms with Crippen molar-refractivity contribution in [1.29, 1.82) is 0 Å². The number of pyridine rings is 1. The highest BCUT2D eigenvalue weighted by Gasteiger charge is 2.28. The molecule has 0 fully saturated rings. The fraction of sp³-hybridized carbons (Fsp3) is 0.312. The van der Waals surface area contributed by atoms with Crippen LogP contribution in [0, 0.1) is 5.82 Å². The van der Waals surface area contributed by atoms with Crippen LogP contribution in [0.1, 0.15) is 41.7 Å². The summed E-state index contributed by atoms with van der Waals surface area (Å²) in [5.41, 5.74) is 2.97. The van der Waals surface area contributed by atoms with Gasteiger partial charge in [-0.25, -0.2) is 4.39 Å². The van der Waals surface area contributed by atoms with Gasteiger partial charge in [0, 0.05) is 17.8 Å². The molecule has 1 aromatic heterocycles. The second-order valence-electron chi connectivity index (χ2n) is 5.04. The summed E-state index contributed by atoms with van der Waals surface area (Å²) in [4.78, 5) is 4.43. The predicted molar refractivity (Wildman–Crippen MR) is 71.3 cm³/mol. The van der Waals surface area contributed by atoms with E-state index in [1.54, 1.807) is 18.3 Å². The molecule has 1 heterocycles. The minimum atomic E-state index is -0.616. The van der Waals surface area contributed by atoms with E-state index in [0.29, 0.717) is 0 Å². The van der Waals surface area contributed by atoms with Crippen molar-refractivity contribution < 1.29 is 9.50 Å². The van der Waals surface area contributed by atoms with Crippen molar-refractivity contribution in [2.24, 2.45) is 0 Å². The first-order valence-electron chi connectivity index (χ1n) is 6.63. The van der Waals surface area contributed by atoms with Gasteiger partial charge in [0.05, 0.1) is 6.10 Å².